The molecule has 0 fully saturated rings. The zero-order chi connectivity index (χ0) is 14.8. The van der Waals surface area contributed by atoms with Crippen molar-refractivity contribution in [3.05, 3.63) is 65.6 Å². The van der Waals surface area contributed by atoms with Crippen LogP contribution in [0.25, 0.3) is 5.65 Å². The molecule has 0 aliphatic carbocycles. The Morgan fingerprint density at radius 2 is 2.10 bits per heavy atom. The highest BCUT2D eigenvalue weighted by Crippen LogP contribution is 2.17. The van der Waals surface area contributed by atoms with Gasteiger partial charge in [0.2, 0.25) is 0 Å². The van der Waals surface area contributed by atoms with Crippen LogP contribution in [0.4, 0.5) is 0 Å². The minimum Gasteiger partial charge on any atom is -0.345 e. The van der Waals surface area contributed by atoms with Crippen LogP contribution >= 0.6 is 0 Å². The Labute approximate surface area is 122 Å². The first-order chi connectivity index (χ1) is 10.2. The third kappa shape index (κ3) is 2.50. The number of benzene rings is 1. The van der Waals surface area contributed by atoms with Gasteiger partial charge in [0.05, 0.1) is 12.2 Å². The molecule has 5 heteroatoms. The highest BCUT2D eigenvalue weighted by molar-refractivity contribution is 5.99. The van der Waals surface area contributed by atoms with Crippen LogP contribution in [0.2, 0.25) is 0 Å². The molecule has 1 unspecified atom stereocenters. The average molecular weight is 280 g/mol. The molecule has 0 spiro atoms. The standard InChI is InChI=1S/C16H16N4O/c1-11-6-3-4-7-13(11)12(2)19-16(21)14-10-18-20-9-5-8-17-15(14)20/h3-10,12H,1-2H3,(H,19,21). The lowest BCUT2D eigenvalue weighted by Gasteiger charge is -2.16. The molecule has 0 radical (unpaired) electrons. The first-order valence-electron chi connectivity index (χ1n) is 6.81. The summed E-state index contributed by atoms with van der Waals surface area (Å²) in [6, 6.07) is 9.73. The van der Waals surface area contributed by atoms with Crippen molar-refractivity contribution in [3.63, 3.8) is 0 Å². The van der Waals surface area contributed by atoms with Crippen molar-refractivity contribution < 1.29 is 4.79 Å². The third-order valence-electron chi connectivity index (χ3n) is 3.53. The Bertz CT molecular complexity index is 794. The second-order valence-electron chi connectivity index (χ2n) is 5.00. The van der Waals surface area contributed by atoms with E-state index in [0.717, 1.165) is 11.1 Å². The molecule has 1 N–H and O–H groups in total. The number of hydrogen-bond acceptors (Lipinski definition) is 3. The van der Waals surface area contributed by atoms with E-state index in [1.54, 1.807) is 29.2 Å². The fourth-order valence-corrected chi connectivity index (χ4v) is 2.41. The van der Waals surface area contributed by atoms with Gasteiger partial charge in [-0.05, 0) is 31.0 Å². The Morgan fingerprint density at radius 1 is 1.29 bits per heavy atom. The van der Waals surface area contributed by atoms with E-state index in [2.05, 4.69) is 15.4 Å². The highest BCUT2D eigenvalue weighted by Gasteiger charge is 2.17. The summed E-state index contributed by atoms with van der Waals surface area (Å²) < 4.78 is 1.59. The fraction of sp³-hybridized carbons (Fsp3) is 0.188. The molecule has 0 aliphatic heterocycles. The molecule has 5 nitrogen and oxygen atoms in total. The van der Waals surface area contributed by atoms with Crippen LogP contribution in [0.5, 0.6) is 0 Å². The summed E-state index contributed by atoms with van der Waals surface area (Å²) in [6.07, 6.45) is 4.96. The van der Waals surface area contributed by atoms with Crippen LogP contribution in [-0.2, 0) is 0 Å². The molecular weight excluding hydrogens is 264 g/mol. The molecule has 2 heterocycles. The lowest BCUT2D eigenvalue weighted by molar-refractivity contribution is 0.0941. The molecule has 1 atom stereocenters. The topological polar surface area (TPSA) is 59.3 Å². The van der Waals surface area contributed by atoms with E-state index < -0.39 is 0 Å². The van der Waals surface area contributed by atoms with Gasteiger partial charge in [0.1, 0.15) is 5.56 Å². The molecule has 3 aromatic rings. The zero-order valence-corrected chi connectivity index (χ0v) is 11.9. The molecule has 0 saturated carbocycles. The van der Waals surface area contributed by atoms with E-state index in [1.807, 2.05) is 38.1 Å². The van der Waals surface area contributed by atoms with Gasteiger partial charge in [-0.3, -0.25) is 4.79 Å². The van der Waals surface area contributed by atoms with Gasteiger partial charge in [-0.2, -0.15) is 5.10 Å². The number of amides is 1. The lowest BCUT2D eigenvalue weighted by atomic mass is 10.0. The Morgan fingerprint density at radius 3 is 2.90 bits per heavy atom. The Hall–Kier alpha value is -2.69. The molecule has 0 saturated heterocycles. The van der Waals surface area contributed by atoms with E-state index in [9.17, 15) is 4.79 Å². The summed E-state index contributed by atoms with van der Waals surface area (Å²) in [7, 11) is 0. The number of nitrogens with zero attached hydrogens (tertiary/aromatic N) is 3. The van der Waals surface area contributed by atoms with Crippen LogP contribution < -0.4 is 5.32 Å². The largest absolute Gasteiger partial charge is 0.345 e. The summed E-state index contributed by atoms with van der Waals surface area (Å²) in [5.74, 6) is -0.167. The summed E-state index contributed by atoms with van der Waals surface area (Å²) in [4.78, 5) is 16.6. The molecule has 106 valence electrons. The van der Waals surface area contributed by atoms with Gasteiger partial charge in [0.15, 0.2) is 5.65 Å². The summed E-state index contributed by atoms with van der Waals surface area (Å²) in [6.45, 7) is 4.01. The van der Waals surface area contributed by atoms with Crippen LogP contribution in [0.1, 0.15) is 34.5 Å². The average Bonchev–Trinajstić information content (AvgIpc) is 2.91. The molecule has 21 heavy (non-hydrogen) atoms. The molecule has 3 rings (SSSR count). The van der Waals surface area contributed by atoms with Crippen molar-refractivity contribution in [2.24, 2.45) is 0 Å². The number of carbonyl (C=O) groups is 1. The molecular formula is C16H16N4O. The Balaban J connectivity index is 1.85. The maximum Gasteiger partial charge on any atom is 0.257 e. The maximum absolute atomic E-state index is 12.4. The van der Waals surface area contributed by atoms with Crippen LogP contribution in [-0.4, -0.2) is 20.5 Å². The van der Waals surface area contributed by atoms with Crippen molar-refractivity contribution in [1.82, 2.24) is 19.9 Å². The quantitative estimate of drug-likeness (QED) is 0.802. The van der Waals surface area contributed by atoms with E-state index in [4.69, 9.17) is 0 Å². The first-order valence-corrected chi connectivity index (χ1v) is 6.81. The molecule has 0 bridgehead atoms. The number of rotatable bonds is 3. The number of nitrogens with one attached hydrogen (secondary N) is 1. The first kappa shape index (κ1) is 13.3. The second-order valence-corrected chi connectivity index (χ2v) is 5.00. The second kappa shape index (κ2) is 5.36. The van der Waals surface area contributed by atoms with E-state index in [0.29, 0.717) is 11.2 Å². The van der Waals surface area contributed by atoms with Gasteiger partial charge in [0, 0.05) is 12.4 Å². The fourth-order valence-electron chi connectivity index (χ4n) is 2.41. The van der Waals surface area contributed by atoms with Crippen molar-refractivity contribution in [3.8, 4) is 0 Å². The number of carbonyl (C=O) groups excluding carboxylic acids is 1. The SMILES string of the molecule is Cc1ccccc1C(C)NC(=O)c1cnn2cccnc12. The minimum absolute atomic E-state index is 0.0719. The molecule has 0 aliphatic rings. The number of aromatic nitrogens is 3. The van der Waals surface area contributed by atoms with E-state index in [1.165, 1.54) is 0 Å². The molecule has 2 aromatic heterocycles. The van der Waals surface area contributed by atoms with Crippen molar-refractivity contribution in [2.75, 3.05) is 0 Å². The highest BCUT2D eigenvalue weighted by atomic mass is 16.1. The third-order valence-corrected chi connectivity index (χ3v) is 3.53. The monoisotopic (exact) mass is 280 g/mol. The van der Waals surface area contributed by atoms with Crippen LogP contribution in [0.3, 0.4) is 0 Å². The lowest BCUT2D eigenvalue weighted by Crippen LogP contribution is -2.27. The van der Waals surface area contributed by atoms with E-state index >= 15 is 0 Å². The van der Waals surface area contributed by atoms with Gasteiger partial charge in [-0.15, -0.1) is 0 Å². The summed E-state index contributed by atoms with van der Waals surface area (Å²) in [5, 5.41) is 7.13. The normalized spacial score (nSPS) is 12.3. The molecule has 1 aromatic carbocycles. The smallest absolute Gasteiger partial charge is 0.257 e. The van der Waals surface area contributed by atoms with E-state index in [-0.39, 0.29) is 11.9 Å². The summed E-state index contributed by atoms with van der Waals surface area (Å²) >= 11 is 0. The predicted octanol–water partition coefficient (Wildman–Crippen LogP) is 2.53. The van der Waals surface area contributed by atoms with Crippen LogP contribution in [0.15, 0.2) is 48.9 Å². The van der Waals surface area contributed by atoms with Gasteiger partial charge in [-0.25, -0.2) is 9.50 Å². The predicted molar refractivity (Wildman–Crippen MR) is 80.0 cm³/mol. The van der Waals surface area contributed by atoms with Gasteiger partial charge >= 0.3 is 0 Å². The maximum atomic E-state index is 12.4. The molecule has 1 amide bonds. The number of fused-ring (bicyclic) bond motifs is 1. The Kier molecular flexibility index (Phi) is 3.39. The van der Waals surface area contributed by atoms with Crippen LogP contribution in [0, 0.1) is 6.92 Å². The summed E-state index contributed by atoms with van der Waals surface area (Å²) in [5.41, 5.74) is 3.31. The minimum atomic E-state index is -0.167. The van der Waals surface area contributed by atoms with Crippen molar-refractivity contribution >= 4 is 11.6 Å². The van der Waals surface area contributed by atoms with Gasteiger partial charge in [-0.1, -0.05) is 24.3 Å². The number of aryl methyl sites for hydroxylation is 1. The van der Waals surface area contributed by atoms with Gasteiger partial charge < -0.3 is 5.32 Å². The van der Waals surface area contributed by atoms with Gasteiger partial charge in [0.25, 0.3) is 5.91 Å². The number of hydrogen-bond donors (Lipinski definition) is 1. The van der Waals surface area contributed by atoms with Crippen molar-refractivity contribution in [1.29, 1.82) is 0 Å². The zero-order valence-electron chi connectivity index (χ0n) is 11.9. The van der Waals surface area contributed by atoms with Crippen molar-refractivity contribution in [2.45, 2.75) is 19.9 Å².